The van der Waals surface area contributed by atoms with Crippen LogP contribution in [-0.4, -0.2) is 29.5 Å². The summed E-state index contributed by atoms with van der Waals surface area (Å²) < 4.78 is 17.3. The molecule has 0 atom stereocenters. The number of ketones is 1. The van der Waals surface area contributed by atoms with Crippen LogP contribution in [0.1, 0.15) is 32.7 Å². The smallest absolute Gasteiger partial charge is 0.231 e. The number of benzene rings is 2. The second-order valence-electron chi connectivity index (χ2n) is 7.66. The van der Waals surface area contributed by atoms with Crippen molar-refractivity contribution >= 4 is 11.9 Å². The van der Waals surface area contributed by atoms with Crippen LogP contribution < -0.4 is 14.2 Å². The maximum Gasteiger partial charge on any atom is 0.231 e. The second-order valence-corrected chi connectivity index (χ2v) is 7.66. The molecule has 0 N–H and O–H groups in total. The molecule has 3 aromatic rings. The molecule has 2 aliphatic rings. The van der Waals surface area contributed by atoms with Crippen LogP contribution in [0.25, 0.3) is 6.08 Å². The summed E-state index contributed by atoms with van der Waals surface area (Å²) in [6.07, 6.45) is 3.54. The Balaban J connectivity index is 1.43. The van der Waals surface area contributed by atoms with Gasteiger partial charge in [0, 0.05) is 30.4 Å². The fourth-order valence-electron chi connectivity index (χ4n) is 4.00. The van der Waals surface area contributed by atoms with Gasteiger partial charge in [0.2, 0.25) is 5.78 Å². The van der Waals surface area contributed by atoms with Gasteiger partial charge in [-0.1, -0.05) is 18.2 Å². The van der Waals surface area contributed by atoms with E-state index in [1.807, 2.05) is 55.5 Å². The van der Waals surface area contributed by atoms with Crippen molar-refractivity contribution in [2.45, 2.75) is 20.0 Å². The first-order valence-electron chi connectivity index (χ1n) is 10.1. The zero-order valence-electron chi connectivity index (χ0n) is 17.4. The van der Waals surface area contributed by atoms with E-state index < -0.39 is 0 Å². The summed E-state index contributed by atoms with van der Waals surface area (Å²) in [7, 11) is 1.62. The predicted molar refractivity (Wildman–Crippen MR) is 116 cm³/mol. The van der Waals surface area contributed by atoms with Crippen molar-refractivity contribution in [3.05, 3.63) is 88.4 Å². The van der Waals surface area contributed by atoms with Crippen molar-refractivity contribution in [1.29, 1.82) is 0 Å². The topological polar surface area (TPSA) is 60.9 Å². The Morgan fingerprint density at radius 3 is 2.87 bits per heavy atom. The van der Waals surface area contributed by atoms with Crippen LogP contribution in [0.2, 0.25) is 0 Å². The van der Waals surface area contributed by atoms with Crippen molar-refractivity contribution in [3.63, 3.8) is 0 Å². The van der Waals surface area contributed by atoms with E-state index in [4.69, 9.17) is 14.2 Å². The van der Waals surface area contributed by atoms with E-state index in [1.54, 1.807) is 19.4 Å². The lowest BCUT2D eigenvalue weighted by Gasteiger charge is -2.30. The van der Waals surface area contributed by atoms with E-state index in [1.165, 1.54) is 0 Å². The molecule has 0 saturated heterocycles. The number of allylic oxidation sites excluding steroid dienone is 1. The minimum absolute atomic E-state index is 0.120. The van der Waals surface area contributed by atoms with Crippen LogP contribution in [0.4, 0.5) is 0 Å². The van der Waals surface area contributed by atoms with Gasteiger partial charge in [-0.2, -0.15) is 0 Å². The summed E-state index contributed by atoms with van der Waals surface area (Å²) in [6, 6.07) is 15.3. The van der Waals surface area contributed by atoms with Crippen molar-refractivity contribution in [3.8, 4) is 17.2 Å². The van der Waals surface area contributed by atoms with Gasteiger partial charge in [-0.15, -0.1) is 0 Å². The van der Waals surface area contributed by atoms with E-state index in [-0.39, 0.29) is 5.78 Å². The molecule has 0 fully saturated rings. The van der Waals surface area contributed by atoms with Gasteiger partial charge in [-0.25, -0.2) is 0 Å². The lowest BCUT2D eigenvalue weighted by atomic mass is 10.00. The molecular weight excluding hydrogens is 392 g/mol. The number of pyridine rings is 1. The standard InChI is InChI=1S/C25H22N2O4/c1-16-24-18(13-27(15-30-24)14-19-7-3-4-9-26-19)12-21-23(28)22(31-25(16)21)11-17-6-5-8-20(10-17)29-2/h3-12H,13-15H2,1-2H3/b22-11+. The highest BCUT2D eigenvalue weighted by Gasteiger charge is 2.33. The lowest BCUT2D eigenvalue weighted by molar-refractivity contribution is 0.0865. The molecule has 2 aliphatic heterocycles. The Hall–Kier alpha value is -3.64. The first kappa shape index (κ1) is 19.3. The Morgan fingerprint density at radius 2 is 2.06 bits per heavy atom. The third-order valence-corrected chi connectivity index (χ3v) is 5.51. The molecule has 0 unspecified atom stereocenters. The van der Waals surface area contributed by atoms with Crippen LogP contribution in [0.15, 0.2) is 60.5 Å². The first-order chi connectivity index (χ1) is 15.1. The molecular formula is C25H22N2O4. The van der Waals surface area contributed by atoms with Gasteiger partial charge in [0.25, 0.3) is 0 Å². The predicted octanol–water partition coefficient (Wildman–Crippen LogP) is 4.37. The van der Waals surface area contributed by atoms with E-state index in [0.29, 0.717) is 36.9 Å². The first-order valence-corrected chi connectivity index (χ1v) is 10.1. The van der Waals surface area contributed by atoms with E-state index in [0.717, 1.165) is 33.9 Å². The van der Waals surface area contributed by atoms with Crippen LogP contribution >= 0.6 is 0 Å². The molecule has 156 valence electrons. The van der Waals surface area contributed by atoms with Crippen LogP contribution in [0.5, 0.6) is 17.2 Å². The van der Waals surface area contributed by atoms with Gasteiger partial charge >= 0.3 is 0 Å². The number of carbonyl (C=O) groups excluding carboxylic acids is 1. The number of methoxy groups -OCH3 is 1. The molecule has 31 heavy (non-hydrogen) atoms. The molecule has 6 nitrogen and oxygen atoms in total. The fraction of sp³-hybridized carbons (Fsp3) is 0.200. The molecule has 0 saturated carbocycles. The average Bonchev–Trinajstić information content (AvgIpc) is 3.10. The highest BCUT2D eigenvalue weighted by Crippen LogP contribution is 2.43. The summed E-state index contributed by atoms with van der Waals surface area (Å²) in [5.74, 6) is 2.29. The van der Waals surface area contributed by atoms with E-state index >= 15 is 0 Å². The number of carbonyl (C=O) groups is 1. The maximum absolute atomic E-state index is 13.1. The average molecular weight is 414 g/mol. The molecule has 3 heterocycles. The number of ether oxygens (including phenoxy) is 3. The Bertz CT molecular complexity index is 1190. The molecule has 0 spiro atoms. The van der Waals surface area contributed by atoms with E-state index in [2.05, 4.69) is 9.88 Å². The monoisotopic (exact) mass is 414 g/mol. The number of Topliss-reactive ketones (excluding diaryl/α,β-unsaturated/α-hetero) is 1. The molecule has 5 rings (SSSR count). The zero-order valence-corrected chi connectivity index (χ0v) is 17.4. The van der Waals surface area contributed by atoms with Crippen molar-refractivity contribution in [2.75, 3.05) is 13.8 Å². The quantitative estimate of drug-likeness (QED) is 0.591. The second kappa shape index (κ2) is 7.89. The number of aromatic nitrogens is 1. The number of hydrogen-bond donors (Lipinski definition) is 0. The number of hydrogen-bond acceptors (Lipinski definition) is 6. The molecule has 2 aromatic carbocycles. The van der Waals surface area contributed by atoms with Crippen molar-refractivity contribution < 1.29 is 19.0 Å². The molecule has 1 aromatic heterocycles. The van der Waals surface area contributed by atoms with Gasteiger partial charge in [-0.05, 0) is 48.9 Å². The third-order valence-electron chi connectivity index (χ3n) is 5.51. The largest absolute Gasteiger partial charge is 0.497 e. The fourth-order valence-corrected chi connectivity index (χ4v) is 4.00. The molecule has 6 heteroatoms. The summed E-state index contributed by atoms with van der Waals surface area (Å²) in [6.45, 7) is 3.77. The Labute approximate surface area is 180 Å². The molecule has 0 amide bonds. The van der Waals surface area contributed by atoms with Gasteiger partial charge in [0.15, 0.2) is 5.76 Å². The van der Waals surface area contributed by atoms with Crippen LogP contribution in [-0.2, 0) is 13.1 Å². The molecule has 0 aliphatic carbocycles. The lowest BCUT2D eigenvalue weighted by Crippen LogP contribution is -2.32. The molecule has 0 radical (unpaired) electrons. The summed E-state index contributed by atoms with van der Waals surface area (Å²) >= 11 is 0. The van der Waals surface area contributed by atoms with Gasteiger partial charge < -0.3 is 14.2 Å². The normalized spacial score (nSPS) is 16.5. The van der Waals surface area contributed by atoms with Crippen LogP contribution in [0, 0.1) is 6.92 Å². The zero-order chi connectivity index (χ0) is 21.4. The highest BCUT2D eigenvalue weighted by atomic mass is 16.5. The van der Waals surface area contributed by atoms with Gasteiger partial charge in [0.1, 0.15) is 24.0 Å². The number of fused-ring (bicyclic) bond motifs is 2. The highest BCUT2D eigenvalue weighted by molar-refractivity contribution is 6.15. The van der Waals surface area contributed by atoms with Crippen molar-refractivity contribution in [2.24, 2.45) is 0 Å². The summed E-state index contributed by atoms with van der Waals surface area (Å²) in [5, 5.41) is 0. The number of nitrogens with zero attached hydrogens (tertiary/aromatic N) is 2. The Morgan fingerprint density at radius 1 is 1.16 bits per heavy atom. The maximum atomic E-state index is 13.1. The van der Waals surface area contributed by atoms with Gasteiger partial charge in [0.05, 0.1) is 18.4 Å². The SMILES string of the molecule is COc1cccc(/C=C2/Oc3c(cc4c(c3C)OCN(Cc3ccccn3)C4)C2=O)c1. The third kappa shape index (κ3) is 3.66. The minimum Gasteiger partial charge on any atom is -0.497 e. The van der Waals surface area contributed by atoms with Crippen molar-refractivity contribution in [1.82, 2.24) is 9.88 Å². The Kier molecular flexibility index (Phi) is 4.92. The van der Waals surface area contributed by atoms with Gasteiger partial charge in [-0.3, -0.25) is 14.7 Å². The molecule has 0 bridgehead atoms. The van der Waals surface area contributed by atoms with E-state index in [9.17, 15) is 4.79 Å². The summed E-state index contributed by atoms with van der Waals surface area (Å²) in [4.78, 5) is 19.6. The van der Waals surface area contributed by atoms with Crippen LogP contribution in [0.3, 0.4) is 0 Å². The summed E-state index contributed by atoms with van der Waals surface area (Å²) in [5.41, 5.74) is 4.24. The minimum atomic E-state index is -0.120. The number of rotatable bonds is 4.